The Bertz CT molecular complexity index is 527. The van der Waals surface area contributed by atoms with Crippen molar-refractivity contribution in [3.05, 3.63) is 29.8 Å². The molecular formula is C13H17NO3S. The van der Waals surface area contributed by atoms with E-state index in [1.165, 1.54) is 5.56 Å². The largest absolute Gasteiger partial charge is 0.491 e. The van der Waals surface area contributed by atoms with Gasteiger partial charge in [-0.25, -0.2) is 8.42 Å². The molecule has 0 bridgehead atoms. The van der Waals surface area contributed by atoms with Crippen LogP contribution in [-0.4, -0.2) is 32.6 Å². The predicted molar refractivity (Wildman–Crippen MR) is 69.5 cm³/mol. The Kier molecular flexibility index (Phi) is 3.03. The first kappa shape index (κ1) is 12.0. The highest BCUT2D eigenvalue weighted by Crippen LogP contribution is 2.32. The van der Waals surface area contributed by atoms with E-state index in [9.17, 15) is 8.42 Å². The lowest BCUT2D eigenvalue weighted by molar-refractivity contribution is 0.291. The minimum atomic E-state index is -2.78. The van der Waals surface area contributed by atoms with Gasteiger partial charge in [-0.3, -0.25) is 0 Å². The standard InChI is InChI=1S/C13H17NO3S/c15-18(16)7-5-10(6-8-18)14-12-9-17-13-4-2-1-3-11(12)13/h1-4,10,12,14H,5-9H2. The first-order chi connectivity index (χ1) is 8.64. The fourth-order valence-corrected chi connectivity index (χ4v) is 4.13. The molecule has 1 aromatic rings. The number of benzene rings is 1. The van der Waals surface area contributed by atoms with Crippen LogP contribution in [0.25, 0.3) is 0 Å². The molecule has 2 aliphatic rings. The van der Waals surface area contributed by atoms with Crippen LogP contribution >= 0.6 is 0 Å². The molecule has 1 aromatic carbocycles. The summed E-state index contributed by atoms with van der Waals surface area (Å²) in [7, 11) is -2.78. The van der Waals surface area contributed by atoms with Crippen molar-refractivity contribution in [2.75, 3.05) is 18.1 Å². The molecule has 2 heterocycles. The molecule has 0 aromatic heterocycles. The summed E-state index contributed by atoms with van der Waals surface area (Å²) in [5.41, 5.74) is 1.19. The monoisotopic (exact) mass is 267 g/mol. The molecule has 1 fully saturated rings. The van der Waals surface area contributed by atoms with Crippen LogP contribution in [-0.2, 0) is 9.84 Å². The summed E-state index contributed by atoms with van der Waals surface area (Å²) in [4.78, 5) is 0. The van der Waals surface area contributed by atoms with E-state index in [0.717, 1.165) is 5.75 Å². The third-order valence-electron chi connectivity index (χ3n) is 3.69. The topological polar surface area (TPSA) is 55.4 Å². The van der Waals surface area contributed by atoms with Gasteiger partial charge in [0.1, 0.15) is 22.2 Å². The van der Waals surface area contributed by atoms with Gasteiger partial charge in [-0.05, 0) is 18.9 Å². The van der Waals surface area contributed by atoms with Crippen molar-refractivity contribution in [1.29, 1.82) is 0 Å². The maximum Gasteiger partial charge on any atom is 0.150 e. The highest BCUT2D eigenvalue weighted by Gasteiger charge is 2.29. The number of para-hydroxylation sites is 1. The van der Waals surface area contributed by atoms with Gasteiger partial charge in [0.15, 0.2) is 0 Å². The smallest absolute Gasteiger partial charge is 0.150 e. The number of nitrogens with one attached hydrogen (secondary N) is 1. The summed E-state index contributed by atoms with van der Waals surface area (Å²) >= 11 is 0. The summed E-state index contributed by atoms with van der Waals surface area (Å²) in [6.45, 7) is 0.641. The van der Waals surface area contributed by atoms with Crippen LogP contribution in [0.15, 0.2) is 24.3 Å². The first-order valence-corrected chi connectivity index (χ1v) is 8.14. The normalized spacial score (nSPS) is 26.6. The van der Waals surface area contributed by atoms with Crippen LogP contribution in [0.1, 0.15) is 24.4 Å². The van der Waals surface area contributed by atoms with Gasteiger partial charge >= 0.3 is 0 Å². The van der Waals surface area contributed by atoms with Gasteiger partial charge in [-0.1, -0.05) is 18.2 Å². The highest BCUT2D eigenvalue weighted by atomic mass is 32.2. The first-order valence-electron chi connectivity index (χ1n) is 6.32. The lowest BCUT2D eigenvalue weighted by Gasteiger charge is -2.26. The van der Waals surface area contributed by atoms with Crippen LogP contribution in [0.5, 0.6) is 5.75 Å². The SMILES string of the molecule is O=S1(=O)CCC(NC2COc3ccccc32)CC1. The fraction of sp³-hybridized carbons (Fsp3) is 0.538. The summed E-state index contributed by atoms with van der Waals surface area (Å²) in [6, 6.07) is 8.50. The molecule has 1 unspecified atom stereocenters. The molecule has 5 heteroatoms. The summed E-state index contributed by atoms with van der Waals surface area (Å²) in [6.07, 6.45) is 1.42. The molecule has 1 saturated heterocycles. The van der Waals surface area contributed by atoms with Crippen LogP contribution in [0.2, 0.25) is 0 Å². The van der Waals surface area contributed by atoms with E-state index in [2.05, 4.69) is 11.4 Å². The second-order valence-electron chi connectivity index (χ2n) is 4.99. The van der Waals surface area contributed by atoms with E-state index < -0.39 is 9.84 Å². The zero-order valence-corrected chi connectivity index (χ0v) is 10.9. The number of hydrogen-bond donors (Lipinski definition) is 1. The number of hydrogen-bond acceptors (Lipinski definition) is 4. The van der Waals surface area contributed by atoms with E-state index in [0.29, 0.717) is 31.0 Å². The Balaban J connectivity index is 1.65. The van der Waals surface area contributed by atoms with Crippen molar-refractivity contribution < 1.29 is 13.2 Å². The summed E-state index contributed by atoms with van der Waals surface area (Å²) in [5, 5.41) is 3.52. The maximum absolute atomic E-state index is 11.4. The van der Waals surface area contributed by atoms with Crippen LogP contribution in [0.4, 0.5) is 0 Å². The molecule has 98 valence electrons. The highest BCUT2D eigenvalue weighted by molar-refractivity contribution is 7.91. The molecule has 0 aliphatic carbocycles. The molecular weight excluding hydrogens is 250 g/mol. The number of fused-ring (bicyclic) bond motifs is 1. The minimum absolute atomic E-state index is 0.201. The lowest BCUT2D eigenvalue weighted by Crippen LogP contribution is -2.40. The van der Waals surface area contributed by atoms with E-state index in [-0.39, 0.29) is 12.1 Å². The zero-order valence-electron chi connectivity index (χ0n) is 10.1. The molecule has 1 atom stereocenters. The van der Waals surface area contributed by atoms with Crippen LogP contribution in [0, 0.1) is 0 Å². The predicted octanol–water partition coefficient (Wildman–Crippen LogP) is 1.29. The Morgan fingerprint density at radius 3 is 2.67 bits per heavy atom. The molecule has 4 nitrogen and oxygen atoms in total. The molecule has 1 N–H and O–H groups in total. The third kappa shape index (κ3) is 2.37. The van der Waals surface area contributed by atoms with E-state index in [4.69, 9.17) is 4.74 Å². The van der Waals surface area contributed by atoms with Crippen LogP contribution < -0.4 is 10.1 Å². The molecule has 0 spiro atoms. The van der Waals surface area contributed by atoms with Crippen molar-refractivity contribution >= 4 is 9.84 Å². The van der Waals surface area contributed by atoms with Gasteiger partial charge in [-0.15, -0.1) is 0 Å². The van der Waals surface area contributed by atoms with Gasteiger partial charge < -0.3 is 10.1 Å². The van der Waals surface area contributed by atoms with Crippen molar-refractivity contribution in [3.63, 3.8) is 0 Å². The summed E-state index contributed by atoms with van der Waals surface area (Å²) in [5.74, 6) is 1.55. The van der Waals surface area contributed by atoms with Crippen molar-refractivity contribution in [2.24, 2.45) is 0 Å². The van der Waals surface area contributed by atoms with Gasteiger partial charge in [0, 0.05) is 11.6 Å². The van der Waals surface area contributed by atoms with Crippen molar-refractivity contribution in [3.8, 4) is 5.75 Å². The molecule has 0 amide bonds. The quantitative estimate of drug-likeness (QED) is 0.877. The fourth-order valence-electron chi connectivity index (χ4n) is 2.64. The second-order valence-corrected chi connectivity index (χ2v) is 7.30. The molecule has 18 heavy (non-hydrogen) atoms. The lowest BCUT2D eigenvalue weighted by atomic mass is 10.1. The number of ether oxygens (including phenoxy) is 1. The Morgan fingerprint density at radius 1 is 1.17 bits per heavy atom. The maximum atomic E-state index is 11.4. The number of rotatable bonds is 2. The number of sulfone groups is 1. The average molecular weight is 267 g/mol. The molecule has 0 radical (unpaired) electrons. The van der Waals surface area contributed by atoms with Crippen molar-refractivity contribution in [1.82, 2.24) is 5.32 Å². The van der Waals surface area contributed by atoms with Gasteiger partial charge in [-0.2, -0.15) is 0 Å². The zero-order chi connectivity index (χ0) is 12.6. The van der Waals surface area contributed by atoms with E-state index >= 15 is 0 Å². The van der Waals surface area contributed by atoms with Gasteiger partial charge in [0.05, 0.1) is 17.5 Å². The minimum Gasteiger partial charge on any atom is -0.491 e. The molecule has 2 aliphatic heterocycles. The Hall–Kier alpha value is -1.07. The van der Waals surface area contributed by atoms with Crippen molar-refractivity contribution in [2.45, 2.75) is 24.9 Å². The Labute approximate surface area is 107 Å². The third-order valence-corrected chi connectivity index (χ3v) is 5.41. The average Bonchev–Trinajstić information content (AvgIpc) is 2.76. The molecule has 0 saturated carbocycles. The Morgan fingerprint density at radius 2 is 1.89 bits per heavy atom. The van der Waals surface area contributed by atoms with Gasteiger partial charge in [0.2, 0.25) is 0 Å². The van der Waals surface area contributed by atoms with Gasteiger partial charge in [0.25, 0.3) is 0 Å². The summed E-state index contributed by atoms with van der Waals surface area (Å²) < 4.78 is 28.4. The van der Waals surface area contributed by atoms with E-state index in [1.54, 1.807) is 0 Å². The molecule has 3 rings (SSSR count). The van der Waals surface area contributed by atoms with E-state index in [1.807, 2.05) is 18.2 Å². The second kappa shape index (κ2) is 4.55. The van der Waals surface area contributed by atoms with Crippen LogP contribution in [0.3, 0.4) is 0 Å².